The number of oxime groups is 1. The van der Waals surface area contributed by atoms with Gasteiger partial charge in [0.1, 0.15) is 5.92 Å². The minimum atomic E-state index is -0.674. The van der Waals surface area contributed by atoms with E-state index in [0.717, 1.165) is 5.56 Å². The van der Waals surface area contributed by atoms with Crippen LogP contribution in [0.1, 0.15) is 12.5 Å². The van der Waals surface area contributed by atoms with Crippen molar-refractivity contribution >= 4 is 11.7 Å². The Morgan fingerprint density at radius 1 is 1.38 bits per heavy atom. The first-order valence-electron chi connectivity index (χ1n) is 6.91. The number of amidine groups is 1. The number of nitrogens with one attached hydrogen (secondary N) is 1. The molecule has 6 heteroatoms. The van der Waals surface area contributed by atoms with Crippen LogP contribution in [-0.2, 0) is 11.2 Å². The van der Waals surface area contributed by atoms with Crippen molar-refractivity contribution in [3.8, 4) is 0 Å². The summed E-state index contributed by atoms with van der Waals surface area (Å²) >= 11 is 0. The Kier molecular flexibility index (Phi) is 6.68. The van der Waals surface area contributed by atoms with Crippen LogP contribution < -0.4 is 11.1 Å². The summed E-state index contributed by atoms with van der Waals surface area (Å²) in [6.07, 6.45) is 0.402. The van der Waals surface area contributed by atoms with Crippen LogP contribution in [0.15, 0.2) is 35.5 Å². The molecule has 6 nitrogen and oxygen atoms in total. The van der Waals surface area contributed by atoms with E-state index in [-0.39, 0.29) is 17.8 Å². The average Bonchev–Trinajstić information content (AvgIpc) is 2.50. The minimum Gasteiger partial charge on any atom is -0.409 e. The van der Waals surface area contributed by atoms with Gasteiger partial charge in [-0.05, 0) is 33.0 Å². The highest BCUT2D eigenvalue weighted by atomic mass is 16.4. The normalized spacial score (nSPS) is 14.8. The molecule has 0 aliphatic heterocycles. The molecule has 2 atom stereocenters. The van der Waals surface area contributed by atoms with Crippen molar-refractivity contribution < 1.29 is 10.0 Å². The van der Waals surface area contributed by atoms with E-state index in [9.17, 15) is 4.79 Å². The topological polar surface area (TPSA) is 91.0 Å². The quantitative estimate of drug-likeness (QED) is 0.298. The molecule has 0 saturated heterocycles. The lowest BCUT2D eigenvalue weighted by atomic mass is 9.97. The fraction of sp³-hybridized carbons (Fsp3) is 0.467. The Hall–Kier alpha value is -2.08. The van der Waals surface area contributed by atoms with E-state index in [2.05, 4.69) is 10.5 Å². The highest BCUT2D eigenvalue weighted by Gasteiger charge is 2.24. The van der Waals surface area contributed by atoms with Gasteiger partial charge >= 0.3 is 0 Å². The number of likely N-dealkylation sites (N-methyl/N-ethyl adjacent to an activating group) is 1. The molecule has 4 N–H and O–H groups in total. The molecule has 0 aliphatic rings. The van der Waals surface area contributed by atoms with E-state index < -0.39 is 5.92 Å². The Labute approximate surface area is 125 Å². The maximum absolute atomic E-state index is 12.3. The number of amides is 1. The molecule has 1 amide bonds. The second-order valence-electron chi connectivity index (χ2n) is 5.32. The predicted octanol–water partition coefficient (Wildman–Crippen LogP) is 0.658. The summed E-state index contributed by atoms with van der Waals surface area (Å²) in [6.45, 7) is 2.52. The predicted molar refractivity (Wildman–Crippen MR) is 83.2 cm³/mol. The minimum absolute atomic E-state index is 0.0751. The molecule has 1 aromatic carbocycles. The number of hydrogen-bond donors (Lipinski definition) is 3. The van der Waals surface area contributed by atoms with Crippen LogP contribution in [0.2, 0.25) is 0 Å². The van der Waals surface area contributed by atoms with E-state index in [0.29, 0.717) is 13.0 Å². The highest BCUT2D eigenvalue weighted by molar-refractivity contribution is 6.02. The first-order valence-corrected chi connectivity index (χ1v) is 6.91. The van der Waals surface area contributed by atoms with Gasteiger partial charge in [0, 0.05) is 12.6 Å². The third-order valence-electron chi connectivity index (χ3n) is 3.52. The molecule has 0 heterocycles. The molecule has 0 spiro atoms. The van der Waals surface area contributed by atoms with Gasteiger partial charge in [0.05, 0.1) is 0 Å². The number of carbonyl (C=O) groups is 1. The van der Waals surface area contributed by atoms with Gasteiger partial charge in [-0.15, -0.1) is 0 Å². The summed E-state index contributed by atoms with van der Waals surface area (Å²) in [5.74, 6) is -0.983. The Balaban J connectivity index is 2.72. The van der Waals surface area contributed by atoms with Gasteiger partial charge in [0.25, 0.3) is 0 Å². The molecule has 0 saturated carbocycles. The zero-order chi connectivity index (χ0) is 15.8. The van der Waals surface area contributed by atoms with Gasteiger partial charge < -0.3 is 21.2 Å². The Morgan fingerprint density at radius 2 is 2.00 bits per heavy atom. The average molecular weight is 292 g/mol. The molecule has 1 rings (SSSR count). The van der Waals surface area contributed by atoms with Crippen LogP contribution >= 0.6 is 0 Å². The van der Waals surface area contributed by atoms with Crippen molar-refractivity contribution in [2.24, 2.45) is 16.8 Å². The van der Waals surface area contributed by atoms with Gasteiger partial charge in [-0.2, -0.15) is 0 Å². The van der Waals surface area contributed by atoms with Crippen LogP contribution in [-0.4, -0.2) is 48.5 Å². The number of nitrogens with zero attached hydrogens (tertiary/aromatic N) is 2. The molecular weight excluding hydrogens is 268 g/mol. The van der Waals surface area contributed by atoms with E-state index in [1.54, 1.807) is 0 Å². The lowest BCUT2D eigenvalue weighted by Crippen LogP contribution is -2.44. The number of hydrogen-bond acceptors (Lipinski definition) is 4. The van der Waals surface area contributed by atoms with Crippen molar-refractivity contribution in [2.75, 3.05) is 20.6 Å². The Morgan fingerprint density at radius 3 is 2.52 bits per heavy atom. The maximum Gasteiger partial charge on any atom is 0.231 e. The molecule has 0 aliphatic carbocycles. The molecule has 1 aromatic rings. The molecule has 0 aromatic heterocycles. The molecule has 2 unspecified atom stereocenters. The zero-order valence-corrected chi connectivity index (χ0v) is 12.8. The van der Waals surface area contributed by atoms with Crippen LogP contribution in [0.4, 0.5) is 0 Å². The second kappa shape index (κ2) is 8.26. The first kappa shape index (κ1) is 17.0. The van der Waals surface area contributed by atoms with E-state index in [1.807, 2.05) is 56.3 Å². The van der Waals surface area contributed by atoms with Crippen LogP contribution in [0.3, 0.4) is 0 Å². The van der Waals surface area contributed by atoms with Gasteiger partial charge in [-0.25, -0.2) is 0 Å². The van der Waals surface area contributed by atoms with Crippen molar-refractivity contribution in [2.45, 2.75) is 19.4 Å². The van der Waals surface area contributed by atoms with Crippen LogP contribution in [0.25, 0.3) is 0 Å². The first-order chi connectivity index (χ1) is 9.95. The van der Waals surface area contributed by atoms with Crippen LogP contribution in [0.5, 0.6) is 0 Å². The molecular formula is C15H24N4O2. The summed E-state index contributed by atoms with van der Waals surface area (Å²) in [7, 11) is 3.89. The lowest BCUT2D eigenvalue weighted by molar-refractivity contribution is -0.123. The molecule has 21 heavy (non-hydrogen) atoms. The van der Waals surface area contributed by atoms with Crippen LogP contribution in [0, 0.1) is 5.92 Å². The smallest absolute Gasteiger partial charge is 0.231 e. The third kappa shape index (κ3) is 5.43. The molecule has 0 fully saturated rings. The van der Waals surface area contributed by atoms with Gasteiger partial charge in [0.15, 0.2) is 5.84 Å². The second-order valence-corrected chi connectivity index (χ2v) is 5.32. The van der Waals surface area contributed by atoms with Crippen molar-refractivity contribution in [1.29, 1.82) is 0 Å². The number of benzene rings is 1. The largest absolute Gasteiger partial charge is 0.409 e. The summed E-state index contributed by atoms with van der Waals surface area (Å²) < 4.78 is 0. The van der Waals surface area contributed by atoms with E-state index in [4.69, 9.17) is 10.9 Å². The standard InChI is InChI=1S/C15H24N4O2/c1-11(19(2)3)10-17-15(20)13(14(16)18-21)9-12-7-5-4-6-8-12/h4-8,11,13,21H,9-10H2,1-3H3,(H2,16,18)(H,17,20). The number of rotatable bonds is 7. The SMILES string of the molecule is CC(CNC(=O)C(Cc1ccccc1)C(N)=NO)N(C)C. The highest BCUT2D eigenvalue weighted by Crippen LogP contribution is 2.09. The summed E-state index contributed by atoms with van der Waals surface area (Å²) in [5.41, 5.74) is 6.62. The Bertz CT molecular complexity index is 474. The van der Waals surface area contributed by atoms with E-state index >= 15 is 0 Å². The van der Waals surface area contributed by atoms with E-state index in [1.165, 1.54) is 0 Å². The fourth-order valence-electron chi connectivity index (χ4n) is 1.81. The number of nitrogens with two attached hydrogens (primary N) is 1. The maximum atomic E-state index is 12.3. The fourth-order valence-corrected chi connectivity index (χ4v) is 1.81. The molecule has 0 radical (unpaired) electrons. The summed E-state index contributed by atoms with van der Waals surface area (Å²) in [4.78, 5) is 14.3. The van der Waals surface area contributed by atoms with Gasteiger partial charge in [0.2, 0.25) is 5.91 Å². The summed E-state index contributed by atoms with van der Waals surface area (Å²) in [5, 5.41) is 14.7. The molecule has 0 bridgehead atoms. The van der Waals surface area contributed by atoms with Gasteiger partial charge in [-0.3, -0.25) is 4.79 Å². The molecule has 116 valence electrons. The zero-order valence-electron chi connectivity index (χ0n) is 12.8. The third-order valence-corrected chi connectivity index (χ3v) is 3.52. The van der Waals surface area contributed by atoms with Crippen molar-refractivity contribution in [3.05, 3.63) is 35.9 Å². The van der Waals surface area contributed by atoms with Gasteiger partial charge in [-0.1, -0.05) is 35.5 Å². The summed E-state index contributed by atoms with van der Waals surface area (Å²) in [6, 6.07) is 9.72. The van der Waals surface area contributed by atoms with Crippen molar-refractivity contribution in [3.63, 3.8) is 0 Å². The number of carbonyl (C=O) groups excluding carboxylic acids is 1. The monoisotopic (exact) mass is 292 g/mol. The lowest BCUT2D eigenvalue weighted by Gasteiger charge is -2.22. The van der Waals surface area contributed by atoms with Crippen molar-refractivity contribution in [1.82, 2.24) is 10.2 Å².